The van der Waals surface area contributed by atoms with Crippen molar-refractivity contribution in [2.75, 3.05) is 0 Å². The van der Waals surface area contributed by atoms with E-state index in [0.29, 0.717) is 0 Å². The highest BCUT2D eigenvalue weighted by atomic mass is 35.5. The van der Waals surface area contributed by atoms with Gasteiger partial charge in [-0.25, -0.2) is 0 Å². The normalized spacial score (nSPS) is 10.4. The van der Waals surface area contributed by atoms with Gasteiger partial charge in [-0.15, -0.1) is 0 Å². The first kappa shape index (κ1) is 13.0. The molecule has 0 bridgehead atoms. The number of hydrogen-bond acceptors (Lipinski definition) is 0. The van der Waals surface area contributed by atoms with Crippen LogP contribution in [0.1, 0.15) is 11.1 Å². The van der Waals surface area contributed by atoms with E-state index in [2.05, 4.69) is 60.7 Å². The summed E-state index contributed by atoms with van der Waals surface area (Å²) in [4.78, 5) is 0. The van der Waals surface area contributed by atoms with Crippen molar-refractivity contribution in [2.45, 2.75) is 6.42 Å². The molecule has 0 radical (unpaired) electrons. The standard InChI is InChI=1S/C19H15Cl/c20-19-11-9-17(10-12-19)18-8-4-7-16(14-18)13-15-5-2-1-3-6-15/h1-12,14H,13H2. The molecule has 0 unspecified atom stereocenters. The lowest BCUT2D eigenvalue weighted by atomic mass is 9.99. The van der Waals surface area contributed by atoms with Crippen molar-refractivity contribution >= 4 is 11.6 Å². The van der Waals surface area contributed by atoms with Crippen molar-refractivity contribution in [3.05, 3.63) is 95.0 Å². The third-order valence-corrected chi connectivity index (χ3v) is 3.61. The Morgan fingerprint density at radius 1 is 0.600 bits per heavy atom. The predicted molar refractivity (Wildman–Crippen MR) is 86.1 cm³/mol. The summed E-state index contributed by atoms with van der Waals surface area (Å²) in [6.07, 6.45) is 0.961. The van der Waals surface area contributed by atoms with Gasteiger partial charge in [0.05, 0.1) is 0 Å². The van der Waals surface area contributed by atoms with Crippen molar-refractivity contribution in [1.29, 1.82) is 0 Å². The van der Waals surface area contributed by atoms with E-state index < -0.39 is 0 Å². The quantitative estimate of drug-likeness (QED) is 0.585. The largest absolute Gasteiger partial charge is 0.0843 e. The molecule has 0 atom stereocenters. The maximum Gasteiger partial charge on any atom is 0.0406 e. The minimum Gasteiger partial charge on any atom is -0.0843 e. The van der Waals surface area contributed by atoms with E-state index in [0.717, 1.165) is 11.4 Å². The fraction of sp³-hybridized carbons (Fsp3) is 0.0526. The molecule has 0 fully saturated rings. The van der Waals surface area contributed by atoms with Crippen LogP contribution in [0.15, 0.2) is 78.9 Å². The van der Waals surface area contributed by atoms with E-state index >= 15 is 0 Å². The molecule has 0 aromatic heterocycles. The average Bonchev–Trinajstić information content (AvgIpc) is 2.49. The Labute approximate surface area is 124 Å². The third-order valence-electron chi connectivity index (χ3n) is 3.36. The SMILES string of the molecule is Clc1ccc(-c2cccc(Cc3ccccc3)c2)cc1. The first-order valence-corrected chi connectivity index (χ1v) is 7.08. The average molecular weight is 279 g/mol. The molecular formula is C19H15Cl. The van der Waals surface area contributed by atoms with Gasteiger partial charge in [-0.1, -0.05) is 78.3 Å². The monoisotopic (exact) mass is 278 g/mol. The van der Waals surface area contributed by atoms with Crippen LogP contribution in [0.3, 0.4) is 0 Å². The zero-order chi connectivity index (χ0) is 13.8. The summed E-state index contributed by atoms with van der Waals surface area (Å²) in [7, 11) is 0. The van der Waals surface area contributed by atoms with Gasteiger partial charge in [-0.2, -0.15) is 0 Å². The number of rotatable bonds is 3. The molecule has 0 saturated carbocycles. The molecule has 0 saturated heterocycles. The molecule has 0 spiro atoms. The molecule has 20 heavy (non-hydrogen) atoms. The lowest BCUT2D eigenvalue weighted by Gasteiger charge is -2.06. The van der Waals surface area contributed by atoms with Crippen LogP contribution in [0.2, 0.25) is 5.02 Å². The molecule has 0 nitrogen and oxygen atoms in total. The zero-order valence-corrected chi connectivity index (χ0v) is 11.8. The van der Waals surface area contributed by atoms with E-state index in [4.69, 9.17) is 11.6 Å². The van der Waals surface area contributed by atoms with Gasteiger partial charge in [-0.3, -0.25) is 0 Å². The molecule has 0 aliphatic rings. The van der Waals surface area contributed by atoms with Crippen molar-refractivity contribution in [3.8, 4) is 11.1 Å². The molecule has 98 valence electrons. The molecule has 0 heterocycles. The van der Waals surface area contributed by atoms with Gasteiger partial charge < -0.3 is 0 Å². The molecule has 0 N–H and O–H groups in total. The Balaban J connectivity index is 1.88. The Bertz CT molecular complexity index is 684. The van der Waals surface area contributed by atoms with Gasteiger partial charge in [0, 0.05) is 5.02 Å². The van der Waals surface area contributed by atoms with Crippen molar-refractivity contribution in [1.82, 2.24) is 0 Å². The maximum atomic E-state index is 5.94. The molecule has 3 aromatic rings. The molecule has 0 aliphatic carbocycles. The Morgan fingerprint density at radius 2 is 1.30 bits per heavy atom. The van der Waals surface area contributed by atoms with Crippen LogP contribution in [0, 0.1) is 0 Å². The second-order valence-corrected chi connectivity index (χ2v) is 5.31. The van der Waals surface area contributed by atoms with Crippen LogP contribution in [-0.4, -0.2) is 0 Å². The summed E-state index contributed by atoms with van der Waals surface area (Å²) in [5, 5.41) is 0.772. The maximum absolute atomic E-state index is 5.94. The lowest BCUT2D eigenvalue weighted by molar-refractivity contribution is 1.19. The fourth-order valence-corrected chi connectivity index (χ4v) is 2.46. The van der Waals surface area contributed by atoms with Gasteiger partial charge in [0.25, 0.3) is 0 Å². The van der Waals surface area contributed by atoms with Crippen LogP contribution in [0.5, 0.6) is 0 Å². The minimum atomic E-state index is 0.772. The number of halogens is 1. The van der Waals surface area contributed by atoms with Gasteiger partial charge in [0.1, 0.15) is 0 Å². The highest BCUT2D eigenvalue weighted by Crippen LogP contribution is 2.23. The van der Waals surface area contributed by atoms with Crippen molar-refractivity contribution in [2.24, 2.45) is 0 Å². The van der Waals surface area contributed by atoms with Gasteiger partial charge >= 0.3 is 0 Å². The topological polar surface area (TPSA) is 0 Å². The van der Waals surface area contributed by atoms with Crippen LogP contribution < -0.4 is 0 Å². The molecule has 0 aliphatic heterocycles. The predicted octanol–water partition coefficient (Wildman–Crippen LogP) is 5.60. The van der Waals surface area contributed by atoms with E-state index in [-0.39, 0.29) is 0 Å². The number of hydrogen-bond donors (Lipinski definition) is 0. The molecular weight excluding hydrogens is 264 g/mol. The summed E-state index contributed by atoms with van der Waals surface area (Å²) in [5.41, 5.74) is 5.09. The van der Waals surface area contributed by atoms with Gasteiger partial charge in [-0.05, 0) is 40.8 Å². The second kappa shape index (κ2) is 5.94. The fourth-order valence-electron chi connectivity index (χ4n) is 2.33. The Kier molecular flexibility index (Phi) is 3.85. The summed E-state index contributed by atoms with van der Waals surface area (Å²) in [6.45, 7) is 0. The van der Waals surface area contributed by atoms with Crippen LogP contribution in [-0.2, 0) is 6.42 Å². The second-order valence-electron chi connectivity index (χ2n) is 4.87. The van der Waals surface area contributed by atoms with Gasteiger partial charge in [0.15, 0.2) is 0 Å². The van der Waals surface area contributed by atoms with Crippen molar-refractivity contribution in [3.63, 3.8) is 0 Å². The first-order valence-electron chi connectivity index (χ1n) is 6.70. The molecule has 3 aromatic carbocycles. The smallest absolute Gasteiger partial charge is 0.0406 e. The zero-order valence-electron chi connectivity index (χ0n) is 11.1. The minimum absolute atomic E-state index is 0.772. The Hall–Kier alpha value is -2.05. The summed E-state index contributed by atoms with van der Waals surface area (Å²) >= 11 is 5.94. The molecule has 3 rings (SSSR count). The summed E-state index contributed by atoms with van der Waals surface area (Å²) < 4.78 is 0. The van der Waals surface area contributed by atoms with Crippen LogP contribution in [0.25, 0.3) is 11.1 Å². The highest BCUT2D eigenvalue weighted by Gasteiger charge is 2.00. The lowest BCUT2D eigenvalue weighted by Crippen LogP contribution is -1.88. The van der Waals surface area contributed by atoms with Crippen LogP contribution in [0.4, 0.5) is 0 Å². The third kappa shape index (κ3) is 3.09. The van der Waals surface area contributed by atoms with Gasteiger partial charge in [0.2, 0.25) is 0 Å². The van der Waals surface area contributed by atoms with Crippen LogP contribution >= 0.6 is 11.6 Å². The summed E-state index contributed by atoms with van der Waals surface area (Å²) in [5.74, 6) is 0. The number of benzene rings is 3. The van der Waals surface area contributed by atoms with E-state index in [1.807, 2.05) is 18.2 Å². The molecule has 0 amide bonds. The highest BCUT2D eigenvalue weighted by molar-refractivity contribution is 6.30. The van der Waals surface area contributed by atoms with E-state index in [1.165, 1.54) is 22.3 Å². The van der Waals surface area contributed by atoms with E-state index in [1.54, 1.807) is 0 Å². The van der Waals surface area contributed by atoms with Crippen molar-refractivity contribution < 1.29 is 0 Å². The summed E-state index contributed by atoms with van der Waals surface area (Å²) in [6, 6.07) is 27.2. The van der Waals surface area contributed by atoms with E-state index in [9.17, 15) is 0 Å². The first-order chi connectivity index (χ1) is 9.81. The Morgan fingerprint density at radius 3 is 2.05 bits per heavy atom. The molecule has 1 heteroatoms.